The van der Waals surface area contributed by atoms with Crippen molar-refractivity contribution in [1.82, 2.24) is 0 Å². The fourth-order valence-electron chi connectivity index (χ4n) is 1.10. The molecule has 0 aliphatic heterocycles. The average Bonchev–Trinajstić information content (AvgIpc) is 2.16. The van der Waals surface area contributed by atoms with Gasteiger partial charge in [-0.15, -0.1) is 0 Å². The Labute approximate surface area is 76.0 Å². The number of hydrogen-bond acceptors (Lipinski definition) is 2. The molecule has 0 atom stereocenters. The molecule has 1 aromatic rings. The molecule has 0 radical (unpaired) electrons. The predicted octanol–water partition coefficient (Wildman–Crippen LogP) is 2.03. The molecule has 1 aromatic heterocycles. The van der Waals surface area contributed by atoms with Gasteiger partial charge in [0.15, 0.2) is 5.22 Å². The van der Waals surface area contributed by atoms with E-state index >= 15 is 0 Å². The van der Waals surface area contributed by atoms with Gasteiger partial charge in [0.1, 0.15) is 5.76 Å². The number of nitrogens with two attached hydrogens (primary N) is 1. The monoisotopic (exact) mass is 186 g/mol. The van der Waals surface area contributed by atoms with Crippen LogP contribution in [0.5, 0.6) is 0 Å². The van der Waals surface area contributed by atoms with Crippen LogP contribution in [0.1, 0.15) is 16.9 Å². The maximum Gasteiger partial charge on any atom is 0.196 e. The molecule has 0 saturated carbocycles. The fourth-order valence-corrected chi connectivity index (χ4v) is 1.33. The summed E-state index contributed by atoms with van der Waals surface area (Å²) in [7, 11) is 0. The summed E-state index contributed by atoms with van der Waals surface area (Å²) in [5, 5.41) is 7.52. The van der Waals surface area contributed by atoms with Crippen LogP contribution in [0.4, 0.5) is 0 Å². The van der Waals surface area contributed by atoms with Gasteiger partial charge in [0.2, 0.25) is 0 Å². The van der Waals surface area contributed by atoms with E-state index in [1.807, 2.05) is 13.8 Å². The zero-order valence-electron chi connectivity index (χ0n) is 7.07. The van der Waals surface area contributed by atoms with Crippen LogP contribution in [0.2, 0.25) is 5.22 Å². The summed E-state index contributed by atoms with van der Waals surface area (Å²) in [6.45, 7) is 3.67. The van der Waals surface area contributed by atoms with Gasteiger partial charge in [0, 0.05) is 17.5 Å². The molecule has 0 aliphatic carbocycles. The van der Waals surface area contributed by atoms with Gasteiger partial charge >= 0.3 is 0 Å². The Kier molecular flexibility index (Phi) is 2.43. The van der Waals surface area contributed by atoms with E-state index < -0.39 is 0 Å². The molecule has 0 spiro atoms. The van der Waals surface area contributed by atoms with E-state index in [-0.39, 0.29) is 5.84 Å². The summed E-state index contributed by atoms with van der Waals surface area (Å²) >= 11 is 5.74. The number of nitrogens with one attached hydrogen (secondary N) is 1. The number of furan rings is 1. The second kappa shape index (κ2) is 3.19. The Bertz CT molecular complexity index is 317. The van der Waals surface area contributed by atoms with Crippen molar-refractivity contribution in [2.75, 3.05) is 0 Å². The summed E-state index contributed by atoms with van der Waals surface area (Å²) in [5.74, 6) is 0.867. The van der Waals surface area contributed by atoms with Crippen molar-refractivity contribution < 1.29 is 4.42 Å². The first kappa shape index (κ1) is 9.13. The fraction of sp³-hybridized carbons (Fsp3) is 0.375. The standard InChI is InChI=1S/C8H11ClN2O/c1-4-6(3-7(10)11)5(2)12-8(4)9/h3H2,1-2H3,(H3,10,11). The van der Waals surface area contributed by atoms with E-state index in [0.29, 0.717) is 11.6 Å². The topological polar surface area (TPSA) is 63.0 Å². The van der Waals surface area contributed by atoms with Crippen molar-refractivity contribution in [2.24, 2.45) is 5.73 Å². The lowest BCUT2D eigenvalue weighted by Gasteiger charge is -1.97. The highest BCUT2D eigenvalue weighted by Crippen LogP contribution is 2.25. The number of hydrogen-bond donors (Lipinski definition) is 2. The molecule has 0 amide bonds. The summed E-state index contributed by atoms with van der Waals surface area (Å²) in [5.41, 5.74) is 7.07. The minimum absolute atomic E-state index is 0.124. The highest BCUT2D eigenvalue weighted by molar-refractivity contribution is 6.29. The number of halogens is 1. The molecule has 0 saturated heterocycles. The first-order valence-electron chi connectivity index (χ1n) is 3.59. The zero-order chi connectivity index (χ0) is 9.30. The molecule has 4 heteroatoms. The van der Waals surface area contributed by atoms with Crippen LogP contribution in [0.15, 0.2) is 4.42 Å². The van der Waals surface area contributed by atoms with Crippen LogP contribution >= 0.6 is 11.6 Å². The zero-order valence-corrected chi connectivity index (χ0v) is 7.83. The lowest BCUT2D eigenvalue weighted by Crippen LogP contribution is -2.13. The third kappa shape index (κ3) is 1.61. The van der Waals surface area contributed by atoms with Crippen molar-refractivity contribution >= 4 is 17.4 Å². The summed E-state index contributed by atoms with van der Waals surface area (Å²) in [6, 6.07) is 0. The summed E-state index contributed by atoms with van der Waals surface area (Å²) in [6.07, 6.45) is 0.411. The number of rotatable bonds is 2. The molecule has 1 rings (SSSR count). The number of aryl methyl sites for hydroxylation is 1. The molecule has 0 fully saturated rings. The van der Waals surface area contributed by atoms with E-state index in [0.717, 1.165) is 16.9 Å². The van der Waals surface area contributed by atoms with Crippen LogP contribution in [0.25, 0.3) is 0 Å². The molecule has 0 aliphatic rings. The van der Waals surface area contributed by atoms with Gasteiger partial charge in [-0.1, -0.05) is 0 Å². The van der Waals surface area contributed by atoms with Gasteiger partial charge in [-0.05, 0) is 25.4 Å². The third-order valence-corrected chi connectivity index (χ3v) is 2.14. The van der Waals surface area contributed by atoms with Crippen molar-refractivity contribution in [3.8, 4) is 0 Å². The van der Waals surface area contributed by atoms with Crippen molar-refractivity contribution in [2.45, 2.75) is 20.3 Å². The second-order valence-corrected chi connectivity index (χ2v) is 3.08. The first-order chi connectivity index (χ1) is 5.52. The molecule has 0 bridgehead atoms. The van der Waals surface area contributed by atoms with Gasteiger partial charge in [-0.25, -0.2) is 0 Å². The third-order valence-electron chi connectivity index (χ3n) is 1.78. The maximum absolute atomic E-state index is 7.13. The van der Waals surface area contributed by atoms with Gasteiger partial charge in [-0.3, -0.25) is 5.41 Å². The van der Waals surface area contributed by atoms with E-state index in [4.69, 9.17) is 27.2 Å². The van der Waals surface area contributed by atoms with Crippen LogP contribution in [0, 0.1) is 19.3 Å². The molecule has 1 heterocycles. The predicted molar refractivity (Wildman–Crippen MR) is 48.8 cm³/mol. The number of amidine groups is 1. The highest BCUT2D eigenvalue weighted by atomic mass is 35.5. The largest absolute Gasteiger partial charge is 0.449 e. The Hall–Kier alpha value is -0.960. The van der Waals surface area contributed by atoms with E-state index in [9.17, 15) is 0 Å². The minimum atomic E-state index is 0.124. The Morgan fingerprint density at radius 3 is 2.50 bits per heavy atom. The molecule has 0 unspecified atom stereocenters. The van der Waals surface area contributed by atoms with Crippen molar-refractivity contribution in [3.63, 3.8) is 0 Å². The summed E-state index contributed by atoms with van der Waals surface area (Å²) < 4.78 is 5.16. The lowest BCUT2D eigenvalue weighted by atomic mass is 10.1. The SMILES string of the molecule is Cc1oc(Cl)c(C)c1CC(=N)N. The van der Waals surface area contributed by atoms with Crippen LogP contribution < -0.4 is 5.73 Å². The lowest BCUT2D eigenvalue weighted by molar-refractivity contribution is 0.532. The Balaban J connectivity index is 3.05. The van der Waals surface area contributed by atoms with Crippen molar-refractivity contribution in [1.29, 1.82) is 5.41 Å². The highest BCUT2D eigenvalue weighted by Gasteiger charge is 2.12. The minimum Gasteiger partial charge on any atom is -0.449 e. The molecule has 3 nitrogen and oxygen atoms in total. The quantitative estimate of drug-likeness (QED) is 0.548. The normalized spacial score (nSPS) is 10.2. The Morgan fingerprint density at radius 2 is 2.17 bits per heavy atom. The molecular weight excluding hydrogens is 176 g/mol. The van der Waals surface area contributed by atoms with Gasteiger partial charge < -0.3 is 10.2 Å². The summed E-state index contributed by atoms with van der Waals surface area (Å²) in [4.78, 5) is 0. The molecule has 12 heavy (non-hydrogen) atoms. The van der Waals surface area contributed by atoms with Crippen molar-refractivity contribution in [3.05, 3.63) is 22.1 Å². The Morgan fingerprint density at radius 1 is 1.58 bits per heavy atom. The van der Waals surface area contributed by atoms with E-state index in [2.05, 4.69) is 0 Å². The van der Waals surface area contributed by atoms with E-state index in [1.54, 1.807) is 0 Å². The van der Waals surface area contributed by atoms with Crippen LogP contribution in [0.3, 0.4) is 0 Å². The molecule has 66 valence electrons. The van der Waals surface area contributed by atoms with Crippen LogP contribution in [-0.4, -0.2) is 5.84 Å². The van der Waals surface area contributed by atoms with Gasteiger partial charge in [-0.2, -0.15) is 0 Å². The van der Waals surface area contributed by atoms with E-state index in [1.165, 1.54) is 0 Å². The van der Waals surface area contributed by atoms with Crippen LogP contribution in [-0.2, 0) is 6.42 Å². The van der Waals surface area contributed by atoms with Gasteiger partial charge in [0.25, 0.3) is 0 Å². The first-order valence-corrected chi connectivity index (χ1v) is 3.97. The molecule has 0 aromatic carbocycles. The maximum atomic E-state index is 7.13. The van der Waals surface area contributed by atoms with Gasteiger partial charge in [0.05, 0.1) is 5.84 Å². The smallest absolute Gasteiger partial charge is 0.196 e. The molecule has 3 N–H and O–H groups in total. The molecular formula is C8H11ClN2O. The average molecular weight is 187 g/mol. The second-order valence-electron chi connectivity index (χ2n) is 2.74.